The molecule has 0 bridgehead atoms. The summed E-state index contributed by atoms with van der Waals surface area (Å²) < 4.78 is 13.3. The second-order valence-electron chi connectivity index (χ2n) is 3.83. The molecule has 1 nitrogen and oxygen atoms in total. The summed E-state index contributed by atoms with van der Waals surface area (Å²) in [6.07, 6.45) is 3.26. The average Bonchev–Trinajstić information content (AvgIpc) is 1.74. The molecule has 1 saturated carbocycles. The van der Waals surface area contributed by atoms with Crippen LogP contribution in [0.25, 0.3) is 4.85 Å². The van der Waals surface area contributed by atoms with Gasteiger partial charge in [0.25, 0.3) is 6.04 Å². The number of hydrogen-bond donors (Lipinski definition) is 0. The molecule has 1 aliphatic rings. The maximum Gasteiger partial charge on any atom is 0.259 e. The van der Waals surface area contributed by atoms with Gasteiger partial charge in [0.2, 0.25) is 0 Å². The lowest BCUT2D eigenvalue weighted by Crippen LogP contribution is -2.38. The predicted molar refractivity (Wildman–Crippen MR) is 42.9 cm³/mol. The predicted octanol–water partition coefficient (Wildman–Crippen LogP) is 2.82. The largest absolute Gasteiger partial charge is 0.310 e. The van der Waals surface area contributed by atoms with E-state index in [9.17, 15) is 4.39 Å². The molecule has 0 aliphatic heterocycles. The van der Waals surface area contributed by atoms with Gasteiger partial charge in [-0.2, -0.15) is 0 Å². The van der Waals surface area contributed by atoms with Crippen LogP contribution in [-0.2, 0) is 0 Å². The van der Waals surface area contributed by atoms with Gasteiger partial charge in [-0.15, -0.1) is 0 Å². The van der Waals surface area contributed by atoms with Gasteiger partial charge in [0.15, 0.2) is 5.67 Å². The van der Waals surface area contributed by atoms with E-state index in [4.69, 9.17) is 6.57 Å². The van der Waals surface area contributed by atoms with Crippen LogP contribution in [0.3, 0.4) is 0 Å². The highest BCUT2D eigenvalue weighted by Gasteiger charge is 2.43. The fourth-order valence-electron chi connectivity index (χ4n) is 1.57. The Balaban J connectivity index is 2.57. The molecule has 0 saturated heterocycles. The van der Waals surface area contributed by atoms with E-state index in [0.717, 1.165) is 12.8 Å². The highest BCUT2D eigenvalue weighted by molar-refractivity contribution is 5.00. The Kier molecular flexibility index (Phi) is 2.17. The van der Waals surface area contributed by atoms with E-state index >= 15 is 0 Å². The lowest BCUT2D eigenvalue weighted by Gasteiger charge is -2.30. The second kappa shape index (κ2) is 2.81. The highest BCUT2D eigenvalue weighted by Crippen LogP contribution is 2.37. The molecule has 1 atom stereocenters. The van der Waals surface area contributed by atoms with Crippen LogP contribution in [0.15, 0.2) is 0 Å². The first-order valence-corrected chi connectivity index (χ1v) is 4.11. The van der Waals surface area contributed by atoms with Gasteiger partial charge in [-0.05, 0) is 26.7 Å². The fraction of sp³-hybridized carbons (Fsp3) is 0.889. The molecule has 62 valence electrons. The Hall–Kier alpha value is -0.580. The van der Waals surface area contributed by atoms with Gasteiger partial charge in [-0.25, -0.2) is 11.0 Å². The molecule has 0 aromatic carbocycles. The zero-order chi connectivity index (χ0) is 8.48. The monoisotopic (exact) mass is 155 g/mol. The summed E-state index contributed by atoms with van der Waals surface area (Å²) in [7, 11) is 0. The Labute approximate surface area is 67.4 Å². The third-order valence-electron chi connectivity index (χ3n) is 2.44. The van der Waals surface area contributed by atoms with Crippen molar-refractivity contribution >= 4 is 0 Å². The van der Waals surface area contributed by atoms with Crippen molar-refractivity contribution in [3.8, 4) is 0 Å². The lowest BCUT2D eigenvalue weighted by atomic mass is 9.75. The molecule has 0 N–H and O–H groups in total. The Bertz CT molecular complexity index is 171. The summed E-state index contributed by atoms with van der Waals surface area (Å²) >= 11 is 0. The molecule has 0 aromatic rings. The van der Waals surface area contributed by atoms with E-state index in [0.29, 0.717) is 5.92 Å². The van der Waals surface area contributed by atoms with Crippen LogP contribution in [0, 0.1) is 12.5 Å². The van der Waals surface area contributed by atoms with Crippen molar-refractivity contribution < 1.29 is 4.39 Å². The standard InChI is InChI=1S/C9H14FN/c1-9(2,10)8(11-3)7-5-4-6-7/h7-8H,4-6H2,1-2H3. The topological polar surface area (TPSA) is 4.36 Å². The molecule has 0 heterocycles. The fourth-order valence-corrected chi connectivity index (χ4v) is 1.57. The molecule has 0 radical (unpaired) electrons. The number of rotatable bonds is 2. The Morgan fingerprint density at radius 1 is 1.55 bits per heavy atom. The summed E-state index contributed by atoms with van der Waals surface area (Å²) in [4.78, 5) is 3.36. The summed E-state index contributed by atoms with van der Waals surface area (Å²) in [6, 6.07) is -0.406. The van der Waals surface area contributed by atoms with Crippen molar-refractivity contribution in [3.63, 3.8) is 0 Å². The number of halogens is 1. The van der Waals surface area contributed by atoms with E-state index in [1.807, 2.05) is 0 Å². The van der Waals surface area contributed by atoms with Crippen LogP contribution < -0.4 is 0 Å². The quantitative estimate of drug-likeness (QED) is 0.540. The maximum atomic E-state index is 13.3. The van der Waals surface area contributed by atoms with Crippen molar-refractivity contribution in [3.05, 3.63) is 11.4 Å². The molecule has 2 heteroatoms. The minimum atomic E-state index is -1.31. The van der Waals surface area contributed by atoms with Crippen LogP contribution in [0.1, 0.15) is 33.1 Å². The Morgan fingerprint density at radius 3 is 2.18 bits per heavy atom. The van der Waals surface area contributed by atoms with Gasteiger partial charge in [0.05, 0.1) is 0 Å². The molecule has 11 heavy (non-hydrogen) atoms. The first-order chi connectivity index (χ1) is 5.05. The smallest absolute Gasteiger partial charge is 0.259 e. The van der Waals surface area contributed by atoms with Gasteiger partial charge in [-0.3, -0.25) is 0 Å². The van der Waals surface area contributed by atoms with Crippen LogP contribution in [0.4, 0.5) is 4.39 Å². The molecule has 1 fully saturated rings. The summed E-state index contributed by atoms with van der Waals surface area (Å²) in [5.74, 6) is 0.326. The zero-order valence-electron chi connectivity index (χ0n) is 7.10. The molecule has 1 aliphatic carbocycles. The van der Waals surface area contributed by atoms with Crippen molar-refractivity contribution in [2.24, 2.45) is 5.92 Å². The molecule has 1 unspecified atom stereocenters. The van der Waals surface area contributed by atoms with Crippen LogP contribution >= 0.6 is 0 Å². The molecular formula is C9H14FN. The van der Waals surface area contributed by atoms with Crippen molar-refractivity contribution in [1.82, 2.24) is 0 Å². The van der Waals surface area contributed by atoms with E-state index < -0.39 is 11.7 Å². The zero-order valence-corrected chi connectivity index (χ0v) is 7.10. The average molecular weight is 155 g/mol. The van der Waals surface area contributed by atoms with Gasteiger partial charge in [0.1, 0.15) is 0 Å². The first-order valence-electron chi connectivity index (χ1n) is 4.11. The first kappa shape index (κ1) is 8.52. The normalized spacial score (nSPS) is 22.0. The van der Waals surface area contributed by atoms with Gasteiger partial charge >= 0.3 is 0 Å². The number of alkyl halides is 1. The van der Waals surface area contributed by atoms with Crippen molar-refractivity contribution in [1.29, 1.82) is 0 Å². The van der Waals surface area contributed by atoms with Gasteiger partial charge in [-0.1, -0.05) is 6.42 Å². The second-order valence-corrected chi connectivity index (χ2v) is 3.83. The number of hydrogen-bond acceptors (Lipinski definition) is 0. The van der Waals surface area contributed by atoms with Crippen molar-refractivity contribution in [2.45, 2.75) is 44.8 Å². The van der Waals surface area contributed by atoms with E-state index in [-0.39, 0.29) is 0 Å². The molecule has 0 aromatic heterocycles. The minimum Gasteiger partial charge on any atom is -0.310 e. The SMILES string of the molecule is [C-]#[N+]C(C1CCC1)C(C)(C)F. The van der Waals surface area contributed by atoms with Crippen LogP contribution in [0.2, 0.25) is 0 Å². The minimum absolute atomic E-state index is 0.326. The van der Waals surface area contributed by atoms with Gasteiger partial charge in [0, 0.05) is 5.92 Å². The van der Waals surface area contributed by atoms with E-state index in [1.165, 1.54) is 20.3 Å². The molecule has 0 spiro atoms. The Morgan fingerprint density at radius 2 is 2.09 bits per heavy atom. The summed E-state index contributed by atoms with van der Waals surface area (Å²) in [5, 5.41) is 0. The van der Waals surface area contributed by atoms with E-state index in [2.05, 4.69) is 4.85 Å². The third-order valence-corrected chi connectivity index (χ3v) is 2.44. The van der Waals surface area contributed by atoms with E-state index in [1.54, 1.807) is 0 Å². The van der Waals surface area contributed by atoms with Crippen LogP contribution in [-0.4, -0.2) is 11.7 Å². The summed E-state index contributed by atoms with van der Waals surface area (Å²) in [5.41, 5.74) is -1.31. The molecule has 1 rings (SSSR count). The van der Waals surface area contributed by atoms with Gasteiger partial charge < -0.3 is 4.85 Å². The number of nitrogens with zero attached hydrogens (tertiary/aromatic N) is 1. The van der Waals surface area contributed by atoms with Crippen molar-refractivity contribution in [2.75, 3.05) is 0 Å². The third kappa shape index (κ3) is 1.71. The van der Waals surface area contributed by atoms with Crippen LogP contribution in [0.5, 0.6) is 0 Å². The molecular weight excluding hydrogens is 141 g/mol. The summed E-state index contributed by atoms with van der Waals surface area (Å²) in [6.45, 7) is 9.88. The molecule has 0 amide bonds. The lowest BCUT2D eigenvalue weighted by molar-refractivity contribution is 0.120. The maximum absolute atomic E-state index is 13.3. The highest BCUT2D eigenvalue weighted by atomic mass is 19.1.